The van der Waals surface area contributed by atoms with E-state index in [0.29, 0.717) is 11.7 Å². The predicted molar refractivity (Wildman–Crippen MR) is 94.4 cm³/mol. The molecular weight excluding hydrogens is 298 g/mol. The van der Waals surface area contributed by atoms with Crippen molar-refractivity contribution < 1.29 is 9.53 Å². The number of nitrogens with zero attached hydrogens (tertiary/aromatic N) is 1. The number of likely N-dealkylation sites (N-methyl/N-ethyl adjacent to an activating group) is 1. The van der Waals surface area contributed by atoms with E-state index in [1.165, 1.54) is 0 Å². The molecule has 0 heterocycles. The van der Waals surface area contributed by atoms with E-state index in [-0.39, 0.29) is 18.0 Å². The molecule has 0 unspecified atom stereocenters. The van der Waals surface area contributed by atoms with Gasteiger partial charge >= 0.3 is 0 Å². The third-order valence-electron chi connectivity index (χ3n) is 2.86. The van der Waals surface area contributed by atoms with E-state index in [0.717, 1.165) is 11.4 Å². The summed E-state index contributed by atoms with van der Waals surface area (Å²) in [6.45, 7) is 8.71. The monoisotopic (exact) mass is 323 g/mol. The van der Waals surface area contributed by atoms with Gasteiger partial charge in [-0.3, -0.25) is 4.79 Å². The highest BCUT2D eigenvalue weighted by molar-refractivity contribution is 7.80. The number of hydrogen-bond donors (Lipinski definition) is 2. The van der Waals surface area contributed by atoms with Crippen LogP contribution in [0.25, 0.3) is 0 Å². The molecule has 1 amide bonds. The molecule has 1 aromatic carbocycles. The SMILES string of the molecule is CCN(CC(=O)NC(C)(C)C)C(=S)Nc1ccc(OC)cc1. The number of anilines is 1. The van der Waals surface area contributed by atoms with Gasteiger partial charge in [-0.2, -0.15) is 0 Å². The van der Waals surface area contributed by atoms with Crippen LogP contribution in [0.5, 0.6) is 5.75 Å². The molecular formula is C16H25N3O2S. The van der Waals surface area contributed by atoms with Crippen LogP contribution in [-0.4, -0.2) is 41.7 Å². The van der Waals surface area contributed by atoms with E-state index in [2.05, 4.69) is 10.6 Å². The lowest BCUT2D eigenvalue weighted by Crippen LogP contribution is -2.48. The van der Waals surface area contributed by atoms with Gasteiger partial charge in [0, 0.05) is 17.8 Å². The summed E-state index contributed by atoms with van der Waals surface area (Å²) in [7, 11) is 1.62. The fourth-order valence-corrected chi connectivity index (χ4v) is 2.15. The maximum Gasteiger partial charge on any atom is 0.240 e. The number of methoxy groups -OCH3 is 1. The summed E-state index contributed by atoms with van der Waals surface area (Å²) in [5, 5.41) is 6.59. The fraction of sp³-hybridized carbons (Fsp3) is 0.500. The minimum Gasteiger partial charge on any atom is -0.497 e. The molecule has 22 heavy (non-hydrogen) atoms. The summed E-state index contributed by atoms with van der Waals surface area (Å²) < 4.78 is 5.12. The highest BCUT2D eigenvalue weighted by Crippen LogP contribution is 2.15. The molecule has 0 saturated carbocycles. The van der Waals surface area contributed by atoms with Crippen LogP contribution in [0.15, 0.2) is 24.3 Å². The summed E-state index contributed by atoms with van der Waals surface area (Å²) in [6, 6.07) is 7.48. The molecule has 0 aliphatic heterocycles. The molecule has 0 fully saturated rings. The second-order valence-corrected chi connectivity index (χ2v) is 6.36. The summed E-state index contributed by atoms with van der Waals surface area (Å²) in [6.07, 6.45) is 0. The number of nitrogens with one attached hydrogen (secondary N) is 2. The first-order chi connectivity index (χ1) is 10.2. The smallest absolute Gasteiger partial charge is 0.240 e. The number of benzene rings is 1. The molecule has 0 spiro atoms. The minimum atomic E-state index is -0.248. The van der Waals surface area contributed by atoms with Crippen LogP contribution in [0.1, 0.15) is 27.7 Å². The molecule has 2 N–H and O–H groups in total. The molecule has 0 atom stereocenters. The second kappa shape index (κ2) is 7.98. The quantitative estimate of drug-likeness (QED) is 0.816. The Morgan fingerprint density at radius 1 is 1.27 bits per heavy atom. The largest absolute Gasteiger partial charge is 0.497 e. The number of ether oxygens (including phenoxy) is 1. The fourth-order valence-electron chi connectivity index (χ4n) is 1.84. The molecule has 0 bridgehead atoms. The highest BCUT2D eigenvalue weighted by Gasteiger charge is 2.17. The molecule has 0 radical (unpaired) electrons. The van der Waals surface area contributed by atoms with E-state index in [9.17, 15) is 4.79 Å². The van der Waals surface area contributed by atoms with Crippen molar-refractivity contribution in [3.05, 3.63) is 24.3 Å². The van der Waals surface area contributed by atoms with Gasteiger partial charge in [0.15, 0.2) is 5.11 Å². The van der Waals surface area contributed by atoms with Gasteiger partial charge in [-0.05, 0) is 64.2 Å². The van der Waals surface area contributed by atoms with Gasteiger partial charge in [0.25, 0.3) is 0 Å². The zero-order chi connectivity index (χ0) is 16.8. The van der Waals surface area contributed by atoms with Gasteiger partial charge in [0.05, 0.1) is 13.7 Å². The number of thiocarbonyl (C=S) groups is 1. The Hall–Kier alpha value is -1.82. The lowest BCUT2D eigenvalue weighted by molar-refractivity contribution is -0.122. The van der Waals surface area contributed by atoms with Crippen molar-refractivity contribution in [1.82, 2.24) is 10.2 Å². The number of carbonyl (C=O) groups excluding carboxylic acids is 1. The molecule has 0 aromatic heterocycles. The van der Waals surface area contributed by atoms with Crippen molar-refractivity contribution in [2.24, 2.45) is 0 Å². The molecule has 5 nitrogen and oxygen atoms in total. The van der Waals surface area contributed by atoms with Crippen molar-refractivity contribution in [2.75, 3.05) is 25.5 Å². The second-order valence-electron chi connectivity index (χ2n) is 5.97. The van der Waals surface area contributed by atoms with Crippen LogP contribution in [0.2, 0.25) is 0 Å². The van der Waals surface area contributed by atoms with Gasteiger partial charge < -0.3 is 20.3 Å². The summed E-state index contributed by atoms with van der Waals surface area (Å²) in [4.78, 5) is 13.8. The van der Waals surface area contributed by atoms with Crippen molar-refractivity contribution >= 4 is 28.9 Å². The van der Waals surface area contributed by atoms with E-state index in [1.54, 1.807) is 7.11 Å². The van der Waals surface area contributed by atoms with E-state index in [1.807, 2.05) is 56.9 Å². The lowest BCUT2D eigenvalue weighted by Gasteiger charge is -2.27. The van der Waals surface area contributed by atoms with Crippen LogP contribution >= 0.6 is 12.2 Å². The van der Waals surface area contributed by atoms with Gasteiger partial charge in [-0.1, -0.05) is 0 Å². The van der Waals surface area contributed by atoms with Gasteiger partial charge in [-0.25, -0.2) is 0 Å². The van der Waals surface area contributed by atoms with Crippen LogP contribution < -0.4 is 15.4 Å². The normalized spacial score (nSPS) is 10.8. The molecule has 0 aliphatic rings. The Balaban J connectivity index is 2.61. The molecule has 1 aromatic rings. The maximum atomic E-state index is 12.0. The van der Waals surface area contributed by atoms with Gasteiger partial charge in [0.1, 0.15) is 5.75 Å². The Morgan fingerprint density at radius 3 is 2.32 bits per heavy atom. The standard InChI is InChI=1S/C16H25N3O2S/c1-6-19(11-14(20)18-16(2,3)4)15(22)17-12-7-9-13(21-5)10-8-12/h7-10H,6,11H2,1-5H3,(H,17,22)(H,18,20). The van der Waals surface area contributed by atoms with Crippen molar-refractivity contribution in [3.63, 3.8) is 0 Å². The number of carbonyl (C=O) groups is 1. The third-order valence-corrected chi connectivity index (χ3v) is 3.22. The maximum absolute atomic E-state index is 12.0. The molecule has 0 saturated heterocycles. The molecule has 122 valence electrons. The Bertz CT molecular complexity index is 509. The topological polar surface area (TPSA) is 53.6 Å². The average molecular weight is 323 g/mol. The van der Waals surface area contributed by atoms with E-state index >= 15 is 0 Å². The molecule has 1 rings (SSSR count). The van der Waals surface area contributed by atoms with Crippen molar-refractivity contribution in [3.8, 4) is 5.75 Å². The van der Waals surface area contributed by atoms with Crippen molar-refractivity contribution in [1.29, 1.82) is 0 Å². The summed E-state index contributed by atoms with van der Waals surface area (Å²) in [5.74, 6) is 0.738. The predicted octanol–water partition coefficient (Wildman–Crippen LogP) is 2.63. The van der Waals surface area contributed by atoms with Gasteiger partial charge in [-0.15, -0.1) is 0 Å². The zero-order valence-corrected chi connectivity index (χ0v) is 14.7. The Kier molecular flexibility index (Phi) is 6.61. The first-order valence-corrected chi connectivity index (χ1v) is 7.67. The molecule has 6 heteroatoms. The first kappa shape index (κ1) is 18.2. The Morgan fingerprint density at radius 2 is 1.86 bits per heavy atom. The van der Waals surface area contributed by atoms with Gasteiger partial charge in [0.2, 0.25) is 5.91 Å². The average Bonchev–Trinajstić information content (AvgIpc) is 2.43. The zero-order valence-electron chi connectivity index (χ0n) is 13.9. The lowest BCUT2D eigenvalue weighted by atomic mass is 10.1. The van der Waals surface area contributed by atoms with E-state index < -0.39 is 0 Å². The van der Waals surface area contributed by atoms with Crippen molar-refractivity contribution in [2.45, 2.75) is 33.2 Å². The van der Waals surface area contributed by atoms with Crippen LogP contribution in [-0.2, 0) is 4.79 Å². The minimum absolute atomic E-state index is 0.0479. The third kappa shape index (κ3) is 6.30. The number of amides is 1. The highest BCUT2D eigenvalue weighted by atomic mass is 32.1. The number of rotatable bonds is 5. The van der Waals surface area contributed by atoms with E-state index in [4.69, 9.17) is 17.0 Å². The van der Waals surface area contributed by atoms with Crippen LogP contribution in [0, 0.1) is 0 Å². The first-order valence-electron chi connectivity index (χ1n) is 7.26. The van der Waals surface area contributed by atoms with Crippen LogP contribution in [0.3, 0.4) is 0 Å². The summed E-state index contributed by atoms with van der Waals surface area (Å²) >= 11 is 5.38. The van der Waals surface area contributed by atoms with Crippen LogP contribution in [0.4, 0.5) is 5.69 Å². The summed E-state index contributed by atoms with van der Waals surface area (Å²) in [5.41, 5.74) is 0.613. The number of hydrogen-bond acceptors (Lipinski definition) is 3. The Labute approximate surface area is 138 Å². The molecule has 0 aliphatic carbocycles.